The van der Waals surface area contributed by atoms with Gasteiger partial charge in [-0.1, -0.05) is 6.07 Å². The molecule has 138 valence electrons. The molecule has 5 nitrogen and oxygen atoms in total. The maximum atomic E-state index is 13.6. The Morgan fingerprint density at radius 1 is 1.36 bits per heavy atom. The van der Waals surface area contributed by atoms with Gasteiger partial charge in [-0.3, -0.25) is 9.89 Å². The second-order valence-electron chi connectivity index (χ2n) is 6.66. The average molecular weight is 413 g/mol. The Labute approximate surface area is 157 Å². The minimum Gasteiger partial charge on any atom is -0.379 e. The van der Waals surface area contributed by atoms with Crippen LogP contribution in [0.25, 0.3) is 0 Å². The van der Waals surface area contributed by atoms with Crippen LogP contribution in [0, 0.1) is 11.7 Å². The summed E-state index contributed by atoms with van der Waals surface area (Å²) in [7, 11) is 1.81. The van der Waals surface area contributed by atoms with Crippen LogP contribution in [-0.2, 0) is 11.3 Å². The van der Waals surface area contributed by atoms with Gasteiger partial charge in [0.15, 0.2) is 5.96 Å². The highest BCUT2D eigenvalue weighted by Crippen LogP contribution is 2.19. The first-order chi connectivity index (χ1) is 12.2. The summed E-state index contributed by atoms with van der Waals surface area (Å²) < 4.78 is 19.5. The van der Waals surface area contributed by atoms with Crippen molar-refractivity contribution in [1.82, 2.24) is 15.1 Å². The molecular weight excluding hydrogens is 387 g/mol. The lowest BCUT2D eigenvalue weighted by Gasteiger charge is -2.29. The van der Waals surface area contributed by atoms with Gasteiger partial charge < -0.3 is 15.0 Å². The van der Waals surface area contributed by atoms with Crippen molar-refractivity contribution < 1.29 is 9.13 Å². The van der Waals surface area contributed by atoms with Crippen LogP contribution in [0.15, 0.2) is 27.7 Å². The largest absolute Gasteiger partial charge is 0.379 e. The molecule has 2 aliphatic rings. The van der Waals surface area contributed by atoms with E-state index in [9.17, 15) is 4.39 Å². The van der Waals surface area contributed by atoms with E-state index in [4.69, 9.17) is 4.74 Å². The lowest BCUT2D eigenvalue weighted by molar-refractivity contribution is 0.0315. The van der Waals surface area contributed by atoms with Gasteiger partial charge in [0.05, 0.1) is 17.7 Å². The third kappa shape index (κ3) is 5.15. The zero-order valence-corrected chi connectivity index (χ0v) is 16.3. The molecule has 25 heavy (non-hydrogen) atoms. The number of ether oxygens (including phenoxy) is 1. The van der Waals surface area contributed by atoms with Gasteiger partial charge in [-0.2, -0.15) is 0 Å². The SMILES string of the molecule is CN=C(NCc1ccc(Br)c(F)c1)N1CCC(CN2CCOCC2)C1. The molecule has 0 saturated carbocycles. The number of halogens is 2. The number of nitrogens with one attached hydrogen (secondary N) is 1. The molecule has 0 amide bonds. The van der Waals surface area contributed by atoms with Gasteiger partial charge in [0.25, 0.3) is 0 Å². The number of likely N-dealkylation sites (tertiary alicyclic amines) is 1. The number of benzene rings is 1. The van der Waals surface area contributed by atoms with E-state index in [0.717, 1.165) is 57.5 Å². The minimum absolute atomic E-state index is 0.235. The summed E-state index contributed by atoms with van der Waals surface area (Å²) in [6.07, 6.45) is 1.19. The normalized spacial score (nSPS) is 22.4. The molecule has 2 fully saturated rings. The Morgan fingerprint density at radius 2 is 2.16 bits per heavy atom. The summed E-state index contributed by atoms with van der Waals surface area (Å²) in [6, 6.07) is 5.21. The summed E-state index contributed by atoms with van der Waals surface area (Å²) in [6.45, 7) is 7.52. The molecule has 0 aliphatic carbocycles. The van der Waals surface area contributed by atoms with Gasteiger partial charge in [-0.25, -0.2) is 4.39 Å². The van der Waals surface area contributed by atoms with Crippen molar-refractivity contribution in [2.75, 3.05) is 53.0 Å². The number of nitrogens with zero attached hydrogens (tertiary/aromatic N) is 3. The summed E-state index contributed by atoms with van der Waals surface area (Å²) in [4.78, 5) is 9.21. The standard InChI is InChI=1S/C18H26BrFN4O/c1-21-18(22-11-14-2-3-16(19)17(20)10-14)24-5-4-15(13-24)12-23-6-8-25-9-7-23/h2-3,10,15H,4-9,11-13H2,1H3,(H,21,22). The van der Waals surface area contributed by atoms with Crippen molar-refractivity contribution in [1.29, 1.82) is 0 Å². The molecule has 2 saturated heterocycles. The summed E-state index contributed by atoms with van der Waals surface area (Å²) >= 11 is 3.19. The zero-order chi connectivity index (χ0) is 17.6. The quantitative estimate of drug-likeness (QED) is 0.608. The zero-order valence-electron chi connectivity index (χ0n) is 14.7. The van der Waals surface area contributed by atoms with E-state index in [1.54, 1.807) is 19.2 Å². The van der Waals surface area contributed by atoms with Crippen molar-refractivity contribution in [2.45, 2.75) is 13.0 Å². The Hall–Kier alpha value is -1.18. The van der Waals surface area contributed by atoms with Crippen LogP contribution in [0.1, 0.15) is 12.0 Å². The van der Waals surface area contributed by atoms with E-state index >= 15 is 0 Å². The van der Waals surface area contributed by atoms with Crippen LogP contribution >= 0.6 is 15.9 Å². The molecule has 1 N–H and O–H groups in total. The molecule has 2 heterocycles. The summed E-state index contributed by atoms with van der Waals surface area (Å²) in [5.74, 6) is 1.33. The molecule has 3 rings (SSSR count). The Kier molecular flexibility index (Phi) is 6.67. The molecular formula is C18H26BrFN4O. The average Bonchev–Trinajstić information content (AvgIpc) is 3.08. The molecule has 1 aromatic carbocycles. The molecule has 1 atom stereocenters. The number of hydrogen-bond acceptors (Lipinski definition) is 3. The predicted molar refractivity (Wildman–Crippen MR) is 101 cm³/mol. The maximum Gasteiger partial charge on any atom is 0.193 e. The van der Waals surface area contributed by atoms with Crippen molar-refractivity contribution in [3.05, 3.63) is 34.1 Å². The van der Waals surface area contributed by atoms with E-state index in [2.05, 4.69) is 36.0 Å². The molecule has 7 heteroatoms. The second-order valence-corrected chi connectivity index (χ2v) is 7.52. The fourth-order valence-corrected chi connectivity index (χ4v) is 3.73. The number of hydrogen-bond donors (Lipinski definition) is 1. The number of aliphatic imine (C=N–C) groups is 1. The molecule has 1 unspecified atom stereocenters. The predicted octanol–water partition coefficient (Wildman–Crippen LogP) is 2.32. The highest BCUT2D eigenvalue weighted by atomic mass is 79.9. The van der Waals surface area contributed by atoms with E-state index in [1.165, 1.54) is 6.42 Å². The Balaban J connectivity index is 1.49. The van der Waals surface area contributed by atoms with Crippen LogP contribution < -0.4 is 5.32 Å². The van der Waals surface area contributed by atoms with Crippen LogP contribution in [0.5, 0.6) is 0 Å². The van der Waals surface area contributed by atoms with Gasteiger partial charge in [0.2, 0.25) is 0 Å². The van der Waals surface area contributed by atoms with Gasteiger partial charge >= 0.3 is 0 Å². The Bertz CT molecular complexity index is 607. The molecule has 0 aromatic heterocycles. The number of rotatable bonds is 4. The van der Waals surface area contributed by atoms with Crippen molar-refractivity contribution in [3.63, 3.8) is 0 Å². The van der Waals surface area contributed by atoms with Crippen LogP contribution in [0.4, 0.5) is 4.39 Å². The van der Waals surface area contributed by atoms with Gasteiger partial charge in [0.1, 0.15) is 5.82 Å². The molecule has 2 aliphatic heterocycles. The van der Waals surface area contributed by atoms with E-state index in [0.29, 0.717) is 16.9 Å². The summed E-state index contributed by atoms with van der Waals surface area (Å²) in [5.41, 5.74) is 0.908. The van der Waals surface area contributed by atoms with Crippen LogP contribution in [-0.4, -0.2) is 68.7 Å². The van der Waals surface area contributed by atoms with Crippen LogP contribution in [0.3, 0.4) is 0 Å². The lowest BCUT2D eigenvalue weighted by Crippen LogP contribution is -2.42. The fraction of sp³-hybridized carbons (Fsp3) is 0.611. The third-order valence-electron chi connectivity index (χ3n) is 4.85. The minimum atomic E-state index is -0.235. The molecule has 0 bridgehead atoms. The first kappa shape index (κ1) is 18.6. The smallest absolute Gasteiger partial charge is 0.193 e. The van der Waals surface area contributed by atoms with Gasteiger partial charge in [0, 0.05) is 46.3 Å². The summed E-state index contributed by atoms with van der Waals surface area (Å²) in [5, 5.41) is 3.36. The molecule has 0 spiro atoms. The van der Waals surface area contributed by atoms with Gasteiger partial charge in [-0.05, 0) is 46.0 Å². The monoisotopic (exact) mass is 412 g/mol. The van der Waals surface area contributed by atoms with Crippen molar-refractivity contribution >= 4 is 21.9 Å². The third-order valence-corrected chi connectivity index (χ3v) is 5.50. The lowest BCUT2D eigenvalue weighted by atomic mass is 10.1. The van der Waals surface area contributed by atoms with Gasteiger partial charge in [-0.15, -0.1) is 0 Å². The highest BCUT2D eigenvalue weighted by molar-refractivity contribution is 9.10. The Morgan fingerprint density at radius 3 is 2.88 bits per heavy atom. The van der Waals surface area contributed by atoms with Crippen molar-refractivity contribution in [2.24, 2.45) is 10.9 Å². The first-order valence-corrected chi connectivity index (χ1v) is 9.64. The molecule has 0 radical (unpaired) electrons. The van der Waals surface area contributed by atoms with Crippen molar-refractivity contribution in [3.8, 4) is 0 Å². The van der Waals surface area contributed by atoms with E-state index in [-0.39, 0.29) is 5.82 Å². The molecule has 1 aromatic rings. The fourth-order valence-electron chi connectivity index (χ4n) is 3.49. The number of guanidine groups is 1. The van der Waals surface area contributed by atoms with Crippen LogP contribution in [0.2, 0.25) is 0 Å². The first-order valence-electron chi connectivity index (χ1n) is 8.85. The van der Waals surface area contributed by atoms with E-state index < -0.39 is 0 Å². The maximum absolute atomic E-state index is 13.6. The highest BCUT2D eigenvalue weighted by Gasteiger charge is 2.27. The van der Waals surface area contributed by atoms with E-state index in [1.807, 2.05) is 6.07 Å². The number of morpholine rings is 1. The second kappa shape index (κ2) is 8.96. The topological polar surface area (TPSA) is 40.1 Å².